The maximum absolute atomic E-state index is 11.7. The second-order valence-electron chi connectivity index (χ2n) is 5.78. The zero-order valence-corrected chi connectivity index (χ0v) is 11.6. The van der Waals surface area contributed by atoms with Gasteiger partial charge in [0, 0.05) is 19.2 Å². The second-order valence-corrected chi connectivity index (χ2v) is 5.78. The molecule has 1 saturated heterocycles. The van der Waals surface area contributed by atoms with Gasteiger partial charge in [-0.05, 0) is 44.4 Å². The van der Waals surface area contributed by atoms with Crippen LogP contribution in [0.5, 0.6) is 0 Å². The Kier molecular flexibility index (Phi) is 5.19. The van der Waals surface area contributed by atoms with Gasteiger partial charge in [-0.25, -0.2) is 0 Å². The van der Waals surface area contributed by atoms with Gasteiger partial charge in [0.15, 0.2) is 0 Å². The van der Waals surface area contributed by atoms with E-state index in [4.69, 9.17) is 4.74 Å². The van der Waals surface area contributed by atoms with E-state index >= 15 is 0 Å². The number of hydrogen-bond donors (Lipinski definition) is 2. The number of amides is 2. The topological polar surface area (TPSA) is 67.4 Å². The summed E-state index contributed by atoms with van der Waals surface area (Å²) in [5.41, 5.74) is 0. The molecule has 0 aromatic rings. The van der Waals surface area contributed by atoms with Crippen molar-refractivity contribution >= 4 is 11.8 Å². The molecule has 0 radical (unpaired) electrons. The Morgan fingerprint density at radius 2 is 1.84 bits per heavy atom. The van der Waals surface area contributed by atoms with Crippen LogP contribution in [0.1, 0.15) is 45.4 Å². The standard InChI is InChI=1S/C14H24N2O3/c1-10-4-6-11(7-5-10)16-14(18)13(17)15-9-12-3-2-8-19-12/h10-12H,2-9H2,1H3,(H,15,17)(H,16,18)/t10?,11?,12-/m0/s1. The first-order valence-corrected chi connectivity index (χ1v) is 7.35. The Morgan fingerprint density at radius 3 is 2.47 bits per heavy atom. The number of ether oxygens (including phenoxy) is 1. The SMILES string of the molecule is CC1CCC(NC(=O)C(=O)NC[C@@H]2CCCO2)CC1. The summed E-state index contributed by atoms with van der Waals surface area (Å²) in [6.45, 7) is 3.42. The maximum atomic E-state index is 11.7. The third-order valence-corrected chi connectivity index (χ3v) is 4.07. The van der Waals surface area contributed by atoms with Crippen LogP contribution < -0.4 is 10.6 Å². The van der Waals surface area contributed by atoms with Crippen LogP contribution in [0.4, 0.5) is 0 Å². The van der Waals surface area contributed by atoms with Gasteiger partial charge in [-0.1, -0.05) is 6.92 Å². The summed E-state index contributed by atoms with van der Waals surface area (Å²) in [4.78, 5) is 23.4. The summed E-state index contributed by atoms with van der Waals surface area (Å²) in [6, 6.07) is 0.164. The van der Waals surface area contributed by atoms with Gasteiger partial charge in [0.2, 0.25) is 0 Å². The summed E-state index contributed by atoms with van der Waals surface area (Å²) in [7, 11) is 0. The van der Waals surface area contributed by atoms with Crippen LogP contribution in [0.3, 0.4) is 0 Å². The highest BCUT2D eigenvalue weighted by Crippen LogP contribution is 2.23. The normalized spacial score (nSPS) is 30.9. The van der Waals surface area contributed by atoms with Crippen LogP contribution in [0.25, 0.3) is 0 Å². The molecule has 1 aliphatic carbocycles. The van der Waals surface area contributed by atoms with Gasteiger partial charge in [0.05, 0.1) is 6.10 Å². The lowest BCUT2D eigenvalue weighted by molar-refractivity contribution is -0.140. The van der Waals surface area contributed by atoms with E-state index in [-0.39, 0.29) is 12.1 Å². The summed E-state index contributed by atoms with van der Waals surface area (Å²) in [6.07, 6.45) is 6.28. The van der Waals surface area contributed by atoms with E-state index in [2.05, 4.69) is 17.6 Å². The molecule has 1 saturated carbocycles. The monoisotopic (exact) mass is 268 g/mol. The number of carbonyl (C=O) groups is 2. The summed E-state index contributed by atoms with van der Waals surface area (Å²) >= 11 is 0. The van der Waals surface area contributed by atoms with E-state index in [1.165, 1.54) is 0 Å². The van der Waals surface area contributed by atoms with Gasteiger partial charge < -0.3 is 15.4 Å². The number of nitrogens with one attached hydrogen (secondary N) is 2. The summed E-state index contributed by atoms with van der Waals surface area (Å²) < 4.78 is 5.40. The van der Waals surface area contributed by atoms with Crippen molar-refractivity contribution in [2.24, 2.45) is 5.92 Å². The van der Waals surface area contributed by atoms with Gasteiger partial charge >= 0.3 is 11.8 Å². The van der Waals surface area contributed by atoms with Crippen molar-refractivity contribution in [3.05, 3.63) is 0 Å². The van der Waals surface area contributed by atoms with Crippen LogP contribution in [0, 0.1) is 5.92 Å². The molecule has 2 rings (SSSR count). The third kappa shape index (κ3) is 4.49. The van der Waals surface area contributed by atoms with Gasteiger partial charge in [-0.2, -0.15) is 0 Å². The molecule has 108 valence electrons. The minimum atomic E-state index is -0.533. The fraction of sp³-hybridized carbons (Fsp3) is 0.857. The third-order valence-electron chi connectivity index (χ3n) is 4.07. The largest absolute Gasteiger partial charge is 0.376 e. The zero-order valence-electron chi connectivity index (χ0n) is 11.6. The first kappa shape index (κ1) is 14.3. The quantitative estimate of drug-likeness (QED) is 0.750. The maximum Gasteiger partial charge on any atom is 0.309 e. The number of hydrogen-bond acceptors (Lipinski definition) is 3. The van der Waals surface area contributed by atoms with Gasteiger partial charge in [0.25, 0.3) is 0 Å². The zero-order chi connectivity index (χ0) is 13.7. The van der Waals surface area contributed by atoms with Gasteiger partial charge in [-0.3, -0.25) is 9.59 Å². The fourth-order valence-electron chi connectivity index (χ4n) is 2.75. The molecule has 1 heterocycles. The highest BCUT2D eigenvalue weighted by molar-refractivity contribution is 6.35. The lowest BCUT2D eigenvalue weighted by Gasteiger charge is -2.26. The molecule has 0 spiro atoms. The Morgan fingerprint density at radius 1 is 1.11 bits per heavy atom. The molecule has 0 aromatic carbocycles. The molecule has 2 aliphatic rings. The fourth-order valence-corrected chi connectivity index (χ4v) is 2.75. The predicted molar refractivity (Wildman–Crippen MR) is 71.5 cm³/mol. The molecule has 19 heavy (non-hydrogen) atoms. The smallest absolute Gasteiger partial charge is 0.309 e. The minimum absolute atomic E-state index is 0.0762. The molecule has 1 atom stereocenters. The van der Waals surface area contributed by atoms with E-state index in [1.54, 1.807) is 0 Å². The van der Waals surface area contributed by atoms with E-state index in [0.29, 0.717) is 6.54 Å². The summed E-state index contributed by atoms with van der Waals surface area (Å²) in [5, 5.41) is 5.47. The van der Waals surface area contributed by atoms with E-state index < -0.39 is 11.8 Å². The van der Waals surface area contributed by atoms with E-state index in [1.807, 2.05) is 0 Å². The number of carbonyl (C=O) groups excluding carboxylic acids is 2. The molecule has 5 heteroatoms. The van der Waals surface area contributed by atoms with E-state index in [0.717, 1.165) is 51.0 Å². The molecule has 0 bridgehead atoms. The Hall–Kier alpha value is -1.10. The highest BCUT2D eigenvalue weighted by atomic mass is 16.5. The lowest BCUT2D eigenvalue weighted by atomic mass is 9.87. The molecule has 5 nitrogen and oxygen atoms in total. The van der Waals surface area contributed by atoms with Gasteiger partial charge in [0.1, 0.15) is 0 Å². The van der Waals surface area contributed by atoms with Crippen molar-refractivity contribution < 1.29 is 14.3 Å². The van der Waals surface area contributed by atoms with E-state index in [9.17, 15) is 9.59 Å². The molecule has 2 N–H and O–H groups in total. The van der Waals surface area contributed by atoms with Crippen molar-refractivity contribution in [1.29, 1.82) is 0 Å². The van der Waals surface area contributed by atoms with Crippen LogP contribution >= 0.6 is 0 Å². The first-order valence-electron chi connectivity index (χ1n) is 7.35. The Balaban J connectivity index is 1.65. The Bertz CT molecular complexity index is 319. The second kappa shape index (κ2) is 6.89. The summed E-state index contributed by atoms with van der Waals surface area (Å²) in [5.74, 6) is -0.298. The minimum Gasteiger partial charge on any atom is -0.376 e. The van der Waals surface area contributed by atoms with Crippen molar-refractivity contribution in [3.8, 4) is 0 Å². The lowest BCUT2D eigenvalue weighted by Crippen LogP contribution is -2.47. The average Bonchev–Trinajstić information content (AvgIpc) is 2.91. The van der Waals surface area contributed by atoms with Crippen molar-refractivity contribution in [2.45, 2.75) is 57.6 Å². The van der Waals surface area contributed by atoms with Crippen molar-refractivity contribution in [2.75, 3.05) is 13.2 Å². The number of rotatable bonds is 3. The van der Waals surface area contributed by atoms with Crippen LogP contribution in [0.15, 0.2) is 0 Å². The van der Waals surface area contributed by atoms with Crippen LogP contribution in [-0.4, -0.2) is 37.1 Å². The van der Waals surface area contributed by atoms with Crippen molar-refractivity contribution in [1.82, 2.24) is 10.6 Å². The average molecular weight is 268 g/mol. The molecule has 2 amide bonds. The predicted octanol–water partition coefficient (Wildman–Crippen LogP) is 0.976. The highest BCUT2D eigenvalue weighted by Gasteiger charge is 2.23. The van der Waals surface area contributed by atoms with Gasteiger partial charge in [-0.15, -0.1) is 0 Å². The van der Waals surface area contributed by atoms with Crippen molar-refractivity contribution in [3.63, 3.8) is 0 Å². The van der Waals surface area contributed by atoms with Crippen LogP contribution in [-0.2, 0) is 14.3 Å². The molecular formula is C14H24N2O3. The molecule has 0 unspecified atom stereocenters. The van der Waals surface area contributed by atoms with Crippen LogP contribution in [0.2, 0.25) is 0 Å². The Labute approximate surface area is 114 Å². The molecular weight excluding hydrogens is 244 g/mol. The molecule has 1 aliphatic heterocycles. The molecule has 2 fully saturated rings. The first-order chi connectivity index (χ1) is 9.15. The molecule has 0 aromatic heterocycles.